The molecule has 2 amide bonds. The summed E-state index contributed by atoms with van der Waals surface area (Å²) in [6.07, 6.45) is 3.59. The molecular weight excluding hydrogens is 334 g/mol. The van der Waals surface area contributed by atoms with Gasteiger partial charge in [0.15, 0.2) is 0 Å². The lowest BCUT2D eigenvalue weighted by atomic mass is 10.1. The number of nitrogens with zero attached hydrogens (tertiary/aromatic N) is 1. The molecule has 0 aliphatic carbocycles. The van der Waals surface area contributed by atoms with Gasteiger partial charge >= 0.3 is 0 Å². The number of carbonyl (C=O) groups excluding carboxylic acids is 2. The van der Waals surface area contributed by atoms with Gasteiger partial charge in [0.05, 0.1) is 49.2 Å². The molecule has 1 rings (SSSR count). The molecule has 3 unspecified atom stereocenters. The summed E-state index contributed by atoms with van der Waals surface area (Å²) in [7, 11) is 0. The molecule has 146 valence electrons. The van der Waals surface area contributed by atoms with E-state index < -0.39 is 6.04 Å². The maximum Gasteiger partial charge on any atom is 0.261 e. The Labute approximate surface area is 156 Å². The maximum atomic E-state index is 12.4. The average molecular weight is 365 g/mol. The summed E-state index contributed by atoms with van der Waals surface area (Å²) in [6.45, 7) is 16.8. The van der Waals surface area contributed by atoms with Crippen LogP contribution in [0.3, 0.4) is 0 Å². The van der Waals surface area contributed by atoms with Crippen LogP contribution in [-0.4, -0.2) is 61.4 Å². The van der Waals surface area contributed by atoms with Crippen molar-refractivity contribution in [2.24, 2.45) is 0 Å². The molecular formula is C20H31NO5. The van der Waals surface area contributed by atoms with E-state index in [2.05, 4.69) is 20.1 Å². The van der Waals surface area contributed by atoms with Crippen LogP contribution >= 0.6 is 0 Å². The molecule has 3 atom stereocenters. The number of hydrogen-bond acceptors (Lipinski definition) is 5. The van der Waals surface area contributed by atoms with Crippen molar-refractivity contribution in [1.82, 2.24) is 4.90 Å². The van der Waals surface area contributed by atoms with Gasteiger partial charge in [-0.1, -0.05) is 32.2 Å². The van der Waals surface area contributed by atoms with Gasteiger partial charge in [-0.25, -0.2) is 0 Å². The second kappa shape index (κ2) is 11.1. The SMILES string of the molecule is C=CC1=C(C=C)C(=O)N(C(C)COC(C)COC(C)COCCC)C1=O. The highest BCUT2D eigenvalue weighted by Crippen LogP contribution is 2.24. The molecule has 0 N–H and O–H groups in total. The number of amides is 2. The Bertz CT molecular complexity index is 524. The van der Waals surface area contributed by atoms with Gasteiger partial charge in [-0.2, -0.15) is 0 Å². The van der Waals surface area contributed by atoms with Crippen molar-refractivity contribution in [3.8, 4) is 0 Å². The van der Waals surface area contributed by atoms with Gasteiger partial charge in [0.25, 0.3) is 11.8 Å². The smallest absolute Gasteiger partial charge is 0.261 e. The molecule has 0 saturated heterocycles. The van der Waals surface area contributed by atoms with Gasteiger partial charge in [0.2, 0.25) is 0 Å². The highest BCUT2D eigenvalue weighted by atomic mass is 16.6. The second-order valence-electron chi connectivity index (χ2n) is 6.43. The lowest BCUT2D eigenvalue weighted by Gasteiger charge is -2.25. The van der Waals surface area contributed by atoms with Crippen LogP contribution in [-0.2, 0) is 23.8 Å². The van der Waals surface area contributed by atoms with Crippen LogP contribution in [0.1, 0.15) is 34.1 Å². The first-order valence-corrected chi connectivity index (χ1v) is 9.05. The Morgan fingerprint density at radius 3 is 1.92 bits per heavy atom. The van der Waals surface area contributed by atoms with E-state index in [1.54, 1.807) is 6.92 Å². The van der Waals surface area contributed by atoms with Crippen LogP contribution in [0.15, 0.2) is 36.5 Å². The molecule has 0 spiro atoms. The maximum absolute atomic E-state index is 12.4. The molecule has 6 heteroatoms. The molecule has 1 heterocycles. The zero-order chi connectivity index (χ0) is 19.7. The second-order valence-corrected chi connectivity index (χ2v) is 6.43. The Balaban J connectivity index is 2.43. The molecule has 0 bridgehead atoms. The van der Waals surface area contributed by atoms with Gasteiger partial charge in [0.1, 0.15) is 0 Å². The van der Waals surface area contributed by atoms with Gasteiger partial charge in [-0.15, -0.1) is 0 Å². The predicted octanol–water partition coefficient (Wildman–Crippen LogP) is 2.65. The fourth-order valence-electron chi connectivity index (χ4n) is 2.54. The van der Waals surface area contributed by atoms with E-state index in [-0.39, 0.29) is 41.8 Å². The Morgan fingerprint density at radius 1 is 0.923 bits per heavy atom. The normalized spacial score (nSPS) is 18.2. The minimum atomic E-state index is -0.393. The fourth-order valence-corrected chi connectivity index (χ4v) is 2.54. The highest BCUT2D eigenvalue weighted by molar-refractivity contribution is 6.22. The third-order valence-corrected chi connectivity index (χ3v) is 3.98. The van der Waals surface area contributed by atoms with Gasteiger partial charge in [-0.3, -0.25) is 14.5 Å². The summed E-state index contributed by atoms with van der Waals surface area (Å²) < 4.78 is 16.9. The predicted molar refractivity (Wildman–Crippen MR) is 101 cm³/mol. The number of imide groups is 1. The number of carbonyl (C=O) groups is 2. The average Bonchev–Trinajstić information content (AvgIpc) is 2.87. The molecule has 1 aliphatic heterocycles. The molecule has 0 saturated carbocycles. The summed E-state index contributed by atoms with van der Waals surface area (Å²) in [4.78, 5) is 26.0. The molecule has 0 aromatic heterocycles. The first-order valence-electron chi connectivity index (χ1n) is 9.05. The lowest BCUT2D eigenvalue weighted by molar-refractivity contribution is -0.142. The third kappa shape index (κ3) is 5.90. The molecule has 6 nitrogen and oxygen atoms in total. The van der Waals surface area contributed by atoms with Crippen molar-refractivity contribution in [2.45, 2.75) is 52.4 Å². The van der Waals surface area contributed by atoms with Crippen LogP contribution in [0.25, 0.3) is 0 Å². The third-order valence-electron chi connectivity index (χ3n) is 3.98. The topological polar surface area (TPSA) is 65.1 Å². The molecule has 26 heavy (non-hydrogen) atoms. The van der Waals surface area contributed by atoms with E-state index in [1.807, 2.05) is 13.8 Å². The first kappa shape index (κ1) is 22.3. The van der Waals surface area contributed by atoms with Gasteiger partial charge in [0, 0.05) is 6.61 Å². The van der Waals surface area contributed by atoms with Crippen molar-refractivity contribution in [1.29, 1.82) is 0 Å². The number of ether oxygens (including phenoxy) is 3. The van der Waals surface area contributed by atoms with Crippen molar-refractivity contribution in [3.05, 3.63) is 36.5 Å². The minimum absolute atomic E-state index is 0.0127. The summed E-state index contributed by atoms with van der Waals surface area (Å²) in [5.41, 5.74) is 0.572. The Morgan fingerprint density at radius 2 is 1.42 bits per heavy atom. The van der Waals surface area contributed by atoms with E-state index in [1.165, 1.54) is 17.1 Å². The van der Waals surface area contributed by atoms with Crippen LogP contribution in [0.2, 0.25) is 0 Å². The fraction of sp³-hybridized carbons (Fsp3) is 0.600. The molecule has 0 fully saturated rings. The number of hydrogen-bond donors (Lipinski definition) is 0. The van der Waals surface area contributed by atoms with E-state index in [0.717, 1.165) is 13.0 Å². The summed E-state index contributed by atoms with van der Waals surface area (Å²) in [5, 5.41) is 0. The monoisotopic (exact) mass is 365 g/mol. The van der Waals surface area contributed by atoms with Crippen LogP contribution in [0.4, 0.5) is 0 Å². The summed E-state index contributed by atoms with van der Waals surface area (Å²) in [5.74, 6) is -0.719. The molecule has 0 radical (unpaired) electrons. The van der Waals surface area contributed by atoms with Crippen molar-refractivity contribution in [2.75, 3.05) is 26.4 Å². The quantitative estimate of drug-likeness (QED) is 0.371. The molecule has 0 aromatic carbocycles. The highest BCUT2D eigenvalue weighted by Gasteiger charge is 2.38. The van der Waals surface area contributed by atoms with Crippen molar-refractivity contribution >= 4 is 11.8 Å². The van der Waals surface area contributed by atoms with E-state index >= 15 is 0 Å². The summed E-state index contributed by atoms with van der Waals surface area (Å²) in [6, 6.07) is -0.393. The molecule has 0 aromatic rings. The van der Waals surface area contributed by atoms with E-state index in [9.17, 15) is 9.59 Å². The van der Waals surface area contributed by atoms with Gasteiger partial charge < -0.3 is 14.2 Å². The van der Waals surface area contributed by atoms with Crippen molar-refractivity contribution in [3.63, 3.8) is 0 Å². The largest absolute Gasteiger partial charge is 0.379 e. The summed E-state index contributed by atoms with van der Waals surface area (Å²) >= 11 is 0. The standard InChI is InChI=1S/C20H31NO5/c1-7-10-24-12-15(5)26-13-16(6)25-11-14(4)21-19(22)17(8-2)18(9-3)20(21)23/h8-9,14-16H,2-3,7,10-13H2,1,4-6H3. The zero-order valence-corrected chi connectivity index (χ0v) is 16.3. The van der Waals surface area contributed by atoms with Crippen LogP contribution in [0.5, 0.6) is 0 Å². The van der Waals surface area contributed by atoms with Gasteiger partial charge in [-0.05, 0) is 27.2 Å². The molecule has 1 aliphatic rings. The lowest BCUT2D eigenvalue weighted by Crippen LogP contribution is -2.42. The Kier molecular flexibility index (Phi) is 9.48. The van der Waals surface area contributed by atoms with Crippen LogP contribution in [0, 0.1) is 0 Å². The Hall–Kier alpha value is -1.76. The number of rotatable bonds is 13. The minimum Gasteiger partial charge on any atom is -0.379 e. The van der Waals surface area contributed by atoms with Crippen molar-refractivity contribution < 1.29 is 23.8 Å². The van der Waals surface area contributed by atoms with E-state index in [0.29, 0.717) is 13.2 Å². The zero-order valence-electron chi connectivity index (χ0n) is 16.3. The van der Waals surface area contributed by atoms with Crippen LogP contribution < -0.4 is 0 Å². The van der Waals surface area contributed by atoms with E-state index in [4.69, 9.17) is 14.2 Å². The first-order chi connectivity index (χ1) is 12.4.